The van der Waals surface area contributed by atoms with Crippen molar-refractivity contribution in [2.75, 3.05) is 20.6 Å². The Hall–Kier alpha value is -2.11. The maximum Gasteiger partial charge on any atom is 0.335 e. The number of fused-ring (bicyclic) bond motifs is 2. The number of rotatable bonds is 4. The van der Waals surface area contributed by atoms with Gasteiger partial charge >= 0.3 is 5.97 Å². The quantitative estimate of drug-likeness (QED) is 0.929. The lowest BCUT2D eigenvalue weighted by Crippen LogP contribution is -2.12. The molecule has 0 spiro atoms. The van der Waals surface area contributed by atoms with Gasteiger partial charge in [-0.3, -0.25) is 0 Å². The molecule has 3 rings (SSSR count). The molecule has 0 saturated carbocycles. The summed E-state index contributed by atoms with van der Waals surface area (Å²) in [5, 5.41) is 11.3. The highest BCUT2D eigenvalue weighted by molar-refractivity contribution is 7.11. The Labute approximate surface area is 139 Å². The highest BCUT2D eigenvalue weighted by Crippen LogP contribution is 2.40. The summed E-state index contributed by atoms with van der Waals surface area (Å²) in [6, 6.07) is 7.14. The van der Waals surface area contributed by atoms with Gasteiger partial charge < -0.3 is 14.7 Å². The fraction of sp³-hybridized carbons (Fsp3) is 0.278. The lowest BCUT2D eigenvalue weighted by Gasteiger charge is -2.12. The molecule has 1 aliphatic heterocycles. The van der Waals surface area contributed by atoms with E-state index in [1.807, 2.05) is 14.1 Å². The molecule has 0 saturated heterocycles. The maximum absolute atomic E-state index is 11.3. The van der Waals surface area contributed by atoms with E-state index in [0.29, 0.717) is 6.61 Å². The van der Waals surface area contributed by atoms with Crippen molar-refractivity contribution in [3.8, 4) is 5.75 Å². The van der Waals surface area contributed by atoms with E-state index in [9.17, 15) is 9.90 Å². The van der Waals surface area contributed by atoms with Gasteiger partial charge in [-0.25, -0.2) is 4.79 Å². The number of carboxylic acid groups (broad SMARTS) is 1. The monoisotopic (exact) mass is 329 g/mol. The van der Waals surface area contributed by atoms with Crippen molar-refractivity contribution < 1.29 is 14.6 Å². The Morgan fingerprint density at radius 1 is 1.39 bits per heavy atom. The number of hydrogen-bond donors (Lipinski definition) is 1. The minimum atomic E-state index is -0.920. The Balaban J connectivity index is 2.09. The summed E-state index contributed by atoms with van der Waals surface area (Å²) in [4.78, 5) is 14.6. The van der Waals surface area contributed by atoms with Crippen molar-refractivity contribution in [1.82, 2.24) is 4.90 Å². The molecule has 0 amide bonds. The lowest BCUT2D eigenvalue weighted by molar-refractivity contribution is 0.0697. The van der Waals surface area contributed by atoms with Gasteiger partial charge in [0.15, 0.2) is 0 Å². The Bertz CT molecular complexity index is 761. The van der Waals surface area contributed by atoms with E-state index in [0.717, 1.165) is 35.4 Å². The first kappa shape index (κ1) is 15.8. The summed E-state index contributed by atoms with van der Waals surface area (Å²) in [6.45, 7) is 1.46. The van der Waals surface area contributed by atoms with Crippen LogP contribution >= 0.6 is 11.3 Å². The average Bonchev–Trinajstić information content (AvgIpc) is 2.92. The smallest absolute Gasteiger partial charge is 0.335 e. The average molecular weight is 329 g/mol. The van der Waals surface area contributed by atoms with Gasteiger partial charge in [0.1, 0.15) is 12.4 Å². The lowest BCUT2D eigenvalue weighted by atomic mass is 9.98. The molecule has 0 unspecified atom stereocenters. The van der Waals surface area contributed by atoms with Crippen LogP contribution in [0.15, 0.2) is 35.7 Å². The van der Waals surface area contributed by atoms with Crippen molar-refractivity contribution in [2.24, 2.45) is 0 Å². The number of thiophene rings is 1. The fourth-order valence-corrected chi connectivity index (χ4v) is 3.60. The van der Waals surface area contributed by atoms with Gasteiger partial charge in [-0.2, -0.15) is 0 Å². The molecule has 1 aromatic heterocycles. The van der Waals surface area contributed by atoms with Crippen molar-refractivity contribution in [3.05, 3.63) is 57.3 Å². The molecule has 2 aromatic rings. The third-order valence-corrected chi connectivity index (χ3v) is 4.81. The summed E-state index contributed by atoms with van der Waals surface area (Å²) < 4.78 is 5.89. The molecule has 1 aromatic carbocycles. The van der Waals surface area contributed by atoms with Crippen LogP contribution < -0.4 is 4.74 Å². The van der Waals surface area contributed by atoms with Gasteiger partial charge in [-0.05, 0) is 55.7 Å². The van der Waals surface area contributed by atoms with Gasteiger partial charge in [-0.1, -0.05) is 6.08 Å². The third kappa shape index (κ3) is 3.30. The number of carboxylic acids is 1. The van der Waals surface area contributed by atoms with E-state index < -0.39 is 5.97 Å². The molecule has 1 N–H and O–H groups in total. The van der Waals surface area contributed by atoms with Crippen LogP contribution in [0.5, 0.6) is 5.75 Å². The molecule has 5 heteroatoms. The van der Waals surface area contributed by atoms with Gasteiger partial charge in [0, 0.05) is 22.5 Å². The number of aromatic carboxylic acids is 1. The van der Waals surface area contributed by atoms with Gasteiger partial charge in [0.05, 0.1) is 5.56 Å². The highest BCUT2D eigenvalue weighted by Gasteiger charge is 2.21. The van der Waals surface area contributed by atoms with Crippen LogP contribution in [0.4, 0.5) is 0 Å². The van der Waals surface area contributed by atoms with Crippen molar-refractivity contribution in [1.29, 1.82) is 0 Å². The Kier molecular flexibility index (Phi) is 4.50. The summed E-state index contributed by atoms with van der Waals surface area (Å²) in [7, 11) is 4.09. The second-order valence-electron chi connectivity index (χ2n) is 5.79. The summed E-state index contributed by atoms with van der Waals surface area (Å²) in [6.07, 6.45) is 3.09. The second kappa shape index (κ2) is 6.56. The fourth-order valence-electron chi connectivity index (χ4n) is 2.63. The second-order valence-corrected chi connectivity index (χ2v) is 6.71. The van der Waals surface area contributed by atoms with Crippen molar-refractivity contribution >= 4 is 22.9 Å². The first-order chi connectivity index (χ1) is 11.1. The zero-order valence-corrected chi connectivity index (χ0v) is 14.0. The highest BCUT2D eigenvalue weighted by atomic mass is 32.1. The van der Waals surface area contributed by atoms with E-state index in [2.05, 4.69) is 22.4 Å². The molecule has 0 atom stereocenters. The van der Waals surface area contributed by atoms with Gasteiger partial charge in [0.25, 0.3) is 0 Å². The van der Waals surface area contributed by atoms with E-state index >= 15 is 0 Å². The number of hydrogen-bond acceptors (Lipinski definition) is 4. The molecule has 1 aliphatic rings. The van der Waals surface area contributed by atoms with Crippen molar-refractivity contribution in [3.63, 3.8) is 0 Å². The topological polar surface area (TPSA) is 49.8 Å². The Morgan fingerprint density at radius 3 is 2.96 bits per heavy atom. The third-order valence-electron chi connectivity index (χ3n) is 3.82. The maximum atomic E-state index is 11.3. The van der Waals surface area contributed by atoms with Crippen LogP contribution in [-0.4, -0.2) is 36.6 Å². The molecule has 23 heavy (non-hydrogen) atoms. The SMILES string of the molecule is CN(C)CCC=C1c2cc(C(=O)O)ccc2OCc2ccsc21. The molecule has 0 bridgehead atoms. The number of ether oxygens (including phenoxy) is 1. The van der Waals surface area contributed by atoms with Gasteiger partial charge in [-0.15, -0.1) is 11.3 Å². The predicted molar refractivity (Wildman–Crippen MR) is 92.3 cm³/mol. The van der Waals surface area contributed by atoms with Crippen LogP contribution in [0.3, 0.4) is 0 Å². The summed E-state index contributed by atoms with van der Waals surface area (Å²) in [5.41, 5.74) is 3.38. The zero-order chi connectivity index (χ0) is 16.4. The molecule has 4 nitrogen and oxygen atoms in total. The first-order valence-corrected chi connectivity index (χ1v) is 8.36. The molecular weight excluding hydrogens is 310 g/mol. The normalized spacial score (nSPS) is 15.0. The zero-order valence-electron chi connectivity index (χ0n) is 13.2. The van der Waals surface area contributed by atoms with Crippen LogP contribution in [0.2, 0.25) is 0 Å². The predicted octanol–water partition coefficient (Wildman–Crippen LogP) is 3.72. The van der Waals surface area contributed by atoms with E-state index in [-0.39, 0.29) is 5.56 Å². The van der Waals surface area contributed by atoms with Crippen LogP contribution in [-0.2, 0) is 6.61 Å². The van der Waals surface area contributed by atoms with E-state index in [1.54, 1.807) is 29.5 Å². The number of benzene rings is 1. The van der Waals surface area contributed by atoms with Crippen LogP contribution in [0, 0.1) is 0 Å². The van der Waals surface area contributed by atoms with Gasteiger partial charge in [0.2, 0.25) is 0 Å². The van der Waals surface area contributed by atoms with Crippen LogP contribution in [0.1, 0.15) is 32.8 Å². The summed E-state index contributed by atoms with van der Waals surface area (Å²) in [5.74, 6) is -0.175. The minimum absolute atomic E-state index is 0.283. The summed E-state index contributed by atoms with van der Waals surface area (Å²) >= 11 is 1.67. The molecule has 0 aliphatic carbocycles. The van der Waals surface area contributed by atoms with Crippen molar-refractivity contribution in [2.45, 2.75) is 13.0 Å². The number of nitrogens with zero attached hydrogens (tertiary/aromatic N) is 1. The van der Waals surface area contributed by atoms with E-state index in [1.165, 1.54) is 4.88 Å². The molecule has 120 valence electrons. The standard InChI is InChI=1S/C18H19NO3S/c1-19(2)8-3-4-14-15-10-12(18(20)21)5-6-16(15)22-11-13-7-9-23-17(13)14/h4-7,9-10H,3,8,11H2,1-2H3,(H,20,21). The molecular formula is C18H19NO3S. The molecule has 0 radical (unpaired) electrons. The number of carbonyl (C=O) groups is 1. The van der Waals surface area contributed by atoms with E-state index in [4.69, 9.17) is 4.74 Å². The Morgan fingerprint density at radius 2 is 2.22 bits per heavy atom. The first-order valence-electron chi connectivity index (χ1n) is 7.48. The van der Waals surface area contributed by atoms with Crippen LogP contribution in [0.25, 0.3) is 5.57 Å². The molecule has 2 heterocycles. The minimum Gasteiger partial charge on any atom is -0.488 e. The largest absolute Gasteiger partial charge is 0.488 e. The molecule has 0 fully saturated rings.